The van der Waals surface area contributed by atoms with Gasteiger partial charge >= 0.3 is 0 Å². The Morgan fingerprint density at radius 2 is 1.57 bits per heavy atom. The van der Waals surface area contributed by atoms with Crippen LogP contribution in [0.1, 0.15) is 28.9 Å². The van der Waals surface area contributed by atoms with E-state index >= 15 is 0 Å². The molecule has 3 aromatic rings. The number of hydrogen-bond donors (Lipinski definition) is 2. The Hall–Kier alpha value is -2.48. The number of primary sulfonamides is 1. The van der Waals surface area contributed by atoms with E-state index in [1.165, 1.54) is 18.2 Å². The fraction of sp³-hybridized carbons (Fsp3) is 0.0952. The molecule has 0 aromatic heterocycles. The summed E-state index contributed by atoms with van der Waals surface area (Å²) in [5.74, 6) is -0.392. The number of nitrogens with two attached hydrogens (primary N) is 1. The van der Waals surface area contributed by atoms with Crippen LogP contribution in [0.25, 0.3) is 11.1 Å². The van der Waals surface area contributed by atoms with Crippen LogP contribution in [0.2, 0.25) is 0 Å². The smallest absolute Gasteiger partial charge is 0.252 e. The quantitative estimate of drug-likeness (QED) is 0.598. The number of amides is 1. The van der Waals surface area contributed by atoms with Gasteiger partial charge in [-0.25, -0.2) is 13.6 Å². The van der Waals surface area contributed by atoms with Crippen LogP contribution in [0.5, 0.6) is 0 Å². The Kier molecular flexibility index (Phi) is 5.98. The lowest BCUT2D eigenvalue weighted by Crippen LogP contribution is -2.27. The third kappa shape index (κ3) is 4.67. The Morgan fingerprint density at radius 3 is 2.18 bits per heavy atom. The van der Waals surface area contributed by atoms with Crippen molar-refractivity contribution in [1.82, 2.24) is 5.32 Å². The second-order valence-corrected chi connectivity index (χ2v) is 8.79. The predicted octanol–water partition coefficient (Wildman–Crippen LogP) is 4.25. The van der Waals surface area contributed by atoms with E-state index in [1.807, 2.05) is 61.5 Å². The van der Waals surface area contributed by atoms with Gasteiger partial charge in [-0.2, -0.15) is 0 Å². The Morgan fingerprint density at radius 1 is 0.964 bits per heavy atom. The van der Waals surface area contributed by atoms with Gasteiger partial charge in [0.2, 0.25) is 10.0 Å². The molecule has 0 heterocycles. The summed E-state index contributed by atoms with van der Waals surface area (Å²) in [4.78, 5) is 12.5. The van der Waals surface area contributed by atoms with E-state index < -0.39 is 15.9 Å². The molecular weight excluding hydrogens is 440 g/mol. The van der Waals surface area contributed by atoms with E-state index in [-0.39, 0.29) is 16.5 Å². The maximum atomic E-state index is 12.6. The van der Waals surface area contributed by atoms with Crippen molar-refractivity contribution in [3.05, 3.63) is 88.4 Å². The summed E-state index contributed by atoms with van der Waals surface area (Å²) in [5, 5.41) is 8.04. The largest absolute Gasteiger partial charge is 0.345 e. The molecule has 28 heavy (non-hydrogen) atoms. The maximum Gasteiger partial charge on any atom is 0.252 e. The highest BCUT2D eigenvalue weighted by atomic mass is 79.9. The average Bonchev–Trinajstić information content (AvgIpc) is 2.68. The zero-order chi connectivity index (χ0) is 20.3. The van der Waals surface area contributed by atoms with Crippen LogP contribution in [-0.4, -0.2) is 14.3 Å². The predicted molar refractivity (Wildman–Crippen MR) is 113 cm³/mol. The van der Waals surface area contributed by atoms with Gasteiger partial charge in [0, 0.05) is 4.47 Å². The summed E-state index contributed by atoms with van der Waals surface area (Å²) in [5.41, 5.74) is 3.35. The molecule has 1 atom stereocenters. The molecule has 7 heteroatoms. The topological polar surface area (TPSA) is 89.3 Å². The van der Waals surface area contributed by atoms with Gasteiger partial charge in [0.1, 0.15) is 0 Å². The van der Waals surface area contributed by atoms with Gasteiger partial charge in [0.25, 0.3) is 5.91 Å². The molecule has 0 fully saturated rings. The zero-order valence-electron chi connectivity index (χ0n) is 15.1. The van der Waals surface area contributed by atoms with Crippen LogP contribution in [0, 0.1) is 0 Å². The van der Waals surface area contributed by atoms with Gasteiger partial charge in [-0.15, -0.1) is 0 Å². The van der Waals surface area contributed by atoms with E-state index in [0.29, 0.717) is 4.47 Å². The highest BCUT2D eigenvalue weighted by Gasteiger charge is 2.17. The van der Waals surface area contributed by atoms with Crippen LogP contribution in [-0.2, 0) is 10.0 Å². The summed E-state index contributed by atoms with van der Waals surface area (Å²) in [6, 6.07) is 21.8. The molecule has 0 saturated heterocycles. The Bertz CT molecular complexity index is 1100. The molecule has 0 spiro atoms. The van der Waals surface area contributed by atoms with Crippen LogP contribution in [0.3, 0.4) is 0 Å². The van der Waals surface area contributed by atoms with Crippen LogP contribution < -0.4 is 10.5 Å². The summed E-state index contributed by atoms with van der Waals surface area (Å²) >= 11 is 3.28. The van der Waals surface area contributed by atoms with Crippen molar-refractivity contribution < 1.29 is 13.2 Å². The van der Waals surface area contributed by atoms with Crippen molar-refractivity contribution in [1.29, 1.82) is 0 Å². The molecule has 3 aromatic carbocycles. The number of benzene rings is 3. The second-order valence-electron chi connectivity index (χ2n) is 6.37. The first-order chi connectivity index (χ1) is 13.3. The minimum atomic E-state index is -3.89. The highest BCUT2D eigenvalue weighted by molar-refractivity contribution is 9.10. The molecule has 1 amide bonds. The van der Waals surface area contributed by atoms with Crippen LogP contribution >= 0.6 is 15.9 Å². The second kappa shape index (κ2) is 8.26. The van der Waals surface area contributed by atoms with Gasteiger partial charge in [0.15, 0.2) is 0 Å². The molecule has 0 aliphatic heterocycles. The zero-order valence-corrected chi connectivity index (χ0v) is 17.5. The molecule has 0 saturated carbocycles. The number of nitrogens with one attached hydrogen (secondary N) is 1. The van der Waals surface area contributed by atoms with E-state index in [9.17, 15) is 13.2 Å². The normalized spacial score (nSPS) is 12.4. The average molecular weight is 459 g/mol. The van der Waals surface area contributed by atoms with Gasteiger partial charge in [-0.1, -0.05) is 54.6 Å². The fourth-order valence-corrected chi connectivity index (χ4v) is 3.77. The molecule has 0 aliphatic carbocycles. The first-order valence-electron chi connectivity index (χ1n) is 8.54. The molecule has 0 unspecified atom stereocenters. The van der Waals surface area contributed by atoms with Crippen molar-refractivity contribution in [2.24, 2.45) is 5.14 Å². The van der Waals surface area contributed by atoms with Crippen molar-refractivity contribution in [3.63, 3.8) is 0 Å². The van der Waals surface area contributed by atoms with E-state index in [1.54, 1.807) is 0 Å². The number of rotatable bonds is 5. The third-order valence-corrected chi connectivity index (χ3v) is 5.98. The minimum Gasteiger partial charge on any atom is -0.345 e. The first-order valence-corrected chi connectivity index (χ1v) is 10.9. The lowest BCUT2D eigenvalue weighted by molar-refractivity contribution is 0.0939. The molecule has 0 radical (unpaired) electrons. The number of carbonyl (C=O) groups is 1. The molecule has 144 valence electrons. The van der Waals surface area contributed by atoms with Gasteiger partial charge < -0.3 is 5.32 Å². The summed E-state index contributed by atoms with van der Waals surface area (Å²) in [6.07, 6.45) is 0. The molecule has 0 aliphatic rings. The standard InChI is InChI=1S/C21H19BrN2O3S/c1-14(15-7-9-17(10-8-15)16-5-3-2-4-6-16)24-21(25)19-13-18(28(23,26)27)11-12-20(19)22/h2-14H,1H3,(H,24,25)(H2,23,26,27)/t14-/m0/s1. The monoisotopic (exact) mass is 458 g/mol. The minimum absolute atomic E-state index is 0.110. The summed E-state index contributed by atoms with van der Waals surface area (Å²) in [6.45, 7) is 1.87. The number of halogens is 1. The van der Waals surface area contributed by atoms with Crippen molar-refractivity contribution in [2.45, 2.75) is 17.9 Å². The number of hydrogen-bond acceptors (Lipinski definition) is 3. The highest BCUT2D eigenvalue weighted by Crippen LogP contribution is 2.24. The number of sulfonamides is 1. The lowest BCUT2D eigenvalue weighted by atomic mass is 10.0. The molecule has 3 rings (SSSR count). The van der Waals surface area contributed by atoms with Crippen LogP contribution in [0.15, 0.2) is 82.2 Å². The van der Waals surface area contributed by atoms with Gasteiger partial charge in [0.05, 0.1) is 16.5 Å². The van der Waals surface area contributed by atoms with Crippen molar-refractivity contribution in [2.75, 3.05) is 0 Å². The lowest BCUT2D eigenvalue weighted by Gasteiger charge is -2.16. The Labute approximate surface area is 172 Å². The fourth-order valence-electron chi connectivity index (χ4n) is 2.81. The molecule has 0 bridgehead atoms. The molecule has 5 nitrogen and oxygen atoms in total. The summed E-state index contributed by atoms with van der Waals surface area (Å²) in [7, 11) is -3.89. The van der Waals surface area contributed by atoms with Gasteiger partial charge in [-0.3, -0.25) is 4.79 Å². The molecular formula is C21H19BrN2O3S. The third-order valence-electron chi connectivity index (χ3n) is 4.38. The van der Waals surface area contributed by atoms with E-state index in [4.69, 9.17) is 5.14 Å². The van der Waals surface area contributed by atoms with Crippen molar-refractivity contribution in [3.8, 4) is 11.1 Å². The Balaban J connectivity index is 1.78. The van der Waals surface area contributed by atoms with E-state index in [0.717, 1.165) is 16.7 Å². The van der Waals surface area contributed by atoms with E-state index in [2.05, 4.69) is 21.2 Å². The van der Waals surface area contributed by atoms with Crippen LogP contribution in [0.4, 0.5) is 0 Å². The first kappa shape index (κ1) is 20.3. The molecule has 3 N–H and O–H groups in total. The SMILES string of the molecule is C[C@H](NC(=O)c1cc(S(N)(=O)=O)ccc1Br)c1ccc(-c2ccccc2)cc1. The summed E-state index contributed by atoms with van der Waals surface area (Å²) < 4.78 is 23.6. The van der Waals surface area contributed by atoms with Gasteiger partial charge in [-0.05, 0) is 57.7 Å². The number of carbonyl (C=O) groups excluding carboxylic acids is 1. The maximum absolute atomic E-state index is 12.6. The van der Waals surface area contributed by atoms with Crippen molar-refractivity contribution >= 4 is 31.9 Å².